The van der Waals surface area contributed by atoms with Crippen LogP contribution in [0.4, 0.5) is 4.39 Å². The molecule has 0 aliphatic heterocycles. The minimum absolute atomic E-state index is 0.0371. The van der Waals surface area contributed by atoms with Gasteiger partial charge < -0.3 is 10.1 Å². The molecule has 0 saturated heterocycles. The number of benzene rings is 1. The number of hydrogen-bond acceptors (Lipinski definition) is 2. The first-order valence-electron chi connectivity index (χ1n) is 7.61. The highest BCUT2D eigenvalue weighted by Crippen LogP contribution is 2.36. The van der Waals surface area contributed by atoms with Crippen molar-refractivity contribution in [1.82, 2.24) is 5.32 Å². The molecule has 0 amide bonds. The Bertz CT molecular complexity index is 441. The van der Waals surface area contributed by atoms with Gasteiger partial charge in [-0.1, -0.05) is 32.3 Å². The molecule has 2 rings (SSSR count). The maximum atomic E-state index is 14.0. The number of ether oxygens (including phenoxy) is 1. The zero-order chi connectivity index (χ0) is 14.6. The van der Waals surface area contributed by atoms with Crippen LogP contribution in [0.15, 0.2) is 18.2 Å². The lowest BCUT2D eigenvalue weighted by Gasteiger charge is -2.35. The molecule has 0 spiro atoms. The minimum Gasteiger partial charge on any atom is -0.496 e. The van der Waals surface area contributed by atoms with E-state index >= 15 is 0 Å². The van der Waals surface area contributed by atoms with E-state index in [1.807, 2.05) is 13.0 Å². The van der Waals surface area contributed by atoms with Crippen molar-refractivity contribution in [2.24, 2.45) is 5.41 Å². The lowest BCUT2D eigenvalue weighted by molar-refractivity contribution is 0.201. The number of methoxy groups -OCH3 is 1. The molecule has 0 aromatic heterocycles. The van der Waals surface area contributed by atoms with E-state index in [2.05, 4.69) is 12.2 Å². The lowest BCUT2D eigenvalue weighted by atomic mass is 9.75. The average molecular weight is 279 g/mol. The maximum Gasteiger partial charge on any atom is 0.131 e. The van der Waals surface area contributed by atoms with Crippen LogP contribution in [0.2, 0.25) is 0 Å². The second-order valence-electron chi connectivity index (χ2n) is 6.33. The Hall–Kier alpha value is -1.09. The fourth-order valence-electron chi connectivity index (χ4n) is 3.20. The van der Waals surface area contributed by atoms with E-state index in [0.29, 0.717) is 16.7 Å². The van der Waals surface area contributed by atoms with Crippen molar-refractivity contribution in [2.75, 3.05) is 13.7 Å². The molecule has 2 nitrogen and oxygen atoms in total. The molecule has 3 heteroatoms. The molecular formula is C17H26FNO. The van der Waals surface area contributed by atoms with Crippen LogP contribution >= 0.6 is 0 Å². The van der Waals surface area contributed by atoms with Gasteiger partial charge in [0, 0.05) is 18.2 Å². The first-order chi connectivity index (χ1) is 9.56. The summed E-state index contributed by atoms with van der Waals surface area (Å²) < 4.78 is 19.3. The van der Waals surface area contributed by atoms with Crippen LogP contribution < -0.4 is 10.1 Å². The van der Waals surface area contributed by atoms with Crippen molar-refractivity contribution in [1.29, 1.82) is 0 Å². The second kappa shape index (κ2) is 6.57. The molecular weight excluding hydrogens is 253 g/mol. The van der Waals surface area contributed by atoms with Gasteiger partial charge in [0.1, 0.15) is 11.6 Å². The second-order valence-corrected chi connectivity index (χ2v) is 6.33. The van der Waals surface area contributed by atoms with E-state index in [4.69, 9.17) is 4.74 Å². The molecule has 1 aromatic rings. The first-order valence-corrected chi connectivity index (χ1v) is 7.61. The molecule has 1 aromatic carbocycles. The van der Waals surface area contributed by atoms with Crippen molar-refractivity contribution in [3.05, 3.63) is 29.6 Å². The van der Waals surface area contributed by atoms with Crippen LogP contribution in [-0.4, -0.2) is 13.7 Å². The van der Waals surface area contributed by atoms with Crippen LogP contribution in [0.5, 0.6) is 5.75 Å². The molecule has 20 heavy (non-hydrogen) atoms. The van der Waals surface area contributed by atoms with E-state index < -0.39 is 0 Å². The van der Waals surface area contributed by atoms with Gasteiger partial charge in [-0.15, -0.1) is 0 Å². The monoisotopic (exact) mass is 279 g/mol. The highest BCUT2D eigenvalue weighted by atomic mass is 19.1. The molecule has 1 unspecified atom stereocenters. The van der Waals surface area contributed by atoms with Crippen molar-refractivity contribution >= 4 is 0 Å². The van der Waals surface area contributed by atoms with Crippen molar-refractivity contribution < 1.29 is 9.13 Å². The SMILES string of the molecule is COc1cccc(F)c1C(C)NCC1(C)CCCCC1. The van der Waals surface area contributed by atoms with Crippen molar-refractivity contribution in [3.63, 3.8) is 0 Å². The van der Waals surface area contributed by atoms with Crippen LogP contribution in [0.3, 0.4) is 0 Å². The van der Waals surface area contributed by atoms with E-state index in [1.54, 1.807) is 13.2 Å². The maximum absolute atomic E-state index is 14.0. The Morgan fingerprint density at radius 2 is 2.00 bits per heavy atom. The largest absolute Gasteiger partial charge is 0.496 e. The normalized spacial score (nSPS) is 19.6. The van der Waals surface area contributed by atoms with Gasteiger partial charge in [0.15, 0.2) is 0 Å². The van der Waals surface area contributed by atoms with Crippen LogP contribution in [0.25, 0.3) is 0 Å². The van der Waals surface area contributed by atoms with Crippen molar-refractivity contribution in [3.8, 4) is 5.75 Å². The quantitative estimate of drug-likeness (QED) is 0.859. The zero-order valence-corrected chi connectivity index (χ0v) is 12.8. The number of rotatable bonds is 5. The Morgan fingerprint density at radius 3 is 2.65 bits per heavy atom. The summed E-state index contributed by atoms with van der Waals surface area (Å²) in [5, 5.41) is 3.50. The predicted molar refractivity (Wildman–Crippen MR) is 80.6 cm³/mol. The molecule has 1 aliphatic carbocycles. The lowest BCUT2D eigenvalue weighted by Crippen LogP contribution is -2.35. The molecule has 0 radical (unpaired) electrons. The van der Waals surface area contributed by atoms with Gasteiger partial charge in [-0.3, -0.25) is 0 Å². The fraction of sp³-hybridized carbons (Fsp3) is 0.647. The van der Waals surface area contributed by atoms with E-state index in [1.165, 1.54) is 38.2 Å². The summed E-state index contributed by atoms with van der Waals surface area (Å²) in [6.45, 7) is 5.28. The van der Waals surface area contributed by atoms with Gasteiger partial charge in [0.25, 0.3) is 0 Å². The third-order valence-corrected chi connectivity index (χ3v) is 4.56. The van der Waals surface area contributed by atoms with Crippen LogP contribution in [0, 0.1) is 11.2 Å². The molecule has 0 heterocycles. The third-order valence-electron chi connectivity index (χ3n) is 4.56. The molecule has 112 valence electrons. The standard InChI is InChI=1S/C17H26FNO/c1-13(16-14(18)8-7-9-15(16)20-3)19-12-17(2)10-5-4-6-11-17/h7-9,13,19H,4-6,10-12H2,1-3H3. The van der Waals surface area contributed by atoms with Crippen molar-refractivity contribution in [2.45, 2.75) is 52.0 Å². The average Bonchev–Trinajstić information content (AvgIpc) is 2.45. The number of nitrogens with one attached hydrogen (secondary N) is 1. The molecule has 1 N–H and O–H groups in total. The highest BCUT2D eigenvalue weighted by Gasteiger charge is 2.27. The highest BCUT2D eigenvalue weighted by molar-refractivity contribution is 5.36. The summed E-state index contributed by atoms with van der Waals surface area (Å²) in [7, 11) is 1.59. The number of hydrogen-bond donors (Lipinski definition) is 1. The van der Waals surface area contributed by atoms with Gasteiger partial charge in [0.2, 0.25) is 0 Å². The predicted octanol–water partition coefficient (Wildman–Crippen LogP) is 4.46. The fourth-order valence-corrected chi connectivity index (χ4v) is 3.20. The molecule has 1 fully saturated rings. The Morgan fingerprint density at radius 1 is 1.30 bits per heavy atom. The molecule has 1 saturated carbocycles. The summed E-state index contributed by atoms with van der Waals surface area (Å²) >= 11 is 0. The Balaban J connectivity index is 2.03. The number of halogens is 1. The third kappa shape index (κ3) is 3.51. The van der Waals surface area contributed by atoms with Gasteiger partial charge in [0.05, 0.1) is 7.11 Å². The summed E-state index contributed by atoms with van der Waals surface area (Å²) in [4.78, 5) is 0. The minimum atomic E-state index is -0.196. The summed E-state index contributed by atoms with van der Waals surface area (Å²) in [6.07, 6.45) is 6.51. The first kappa shape index (κ1) is 15.3. The van der Waals surface area contributed by atoms with E-state index in [-0.39, 0.29) is 11.9 Å². The Kier molecular flexibility index (Phi) is 5.03. The van der Waals surface area contributed by atoms with Gasteiger partial charge >= 0.3 is 0 Å². The molecule has 1 aliphatic rings. The molecule has 1 atom stereocenters. The Labute approximate surface area is 121 Å². The molecule has 0 bridgehead atoms. The van der Waals surface area contributed by atoms with E-state index in [0.717, 1.165) is 6.54 Å². The summed E-state index contributed by atoms with van der Waals surface area (Å²) in [6, 6.07) is 4.97. The van der Waals surface area contributed by atoms with Gasteiger partial charge in [-0.25, -0.2) is 4.39 Å². The topological polar surface area (TPSA) is 21.3 Å². The summed E-state index contributed by atoms with van der Waals surface area (Å²) in [5.74, 6) is 0.428. The smallest absolute Gasteiger partial charge is 0.131 e. The summed E-state index contributed by atoms with van der Waals surface area (Å²) in [5.41, 5.74) is 0.986. The van der Waals surface area contributed by atoms with Crippen LogP contribution in [0.1, 0.15) is 57.6 Å². The van der Waals surface area contributed by atoms with Gasteiger partial charge in [-0.2, -0.15) is 0 Å². The van der Waals surface area contributed by atoms with E-state index in [9.17, 15) is 4.39 Å². The van der Waals surface area contributed by atoms with Gasteiger partial charge in [-0.05, 0) is 37.3 Å². The van der Waals surface area contributed by atoms with Crippen LogP contribution in [-0.2, 0) is 0 Å². The zero-order valence-electron chi connectivity index (χ0n) is 12.8.